The van der Waals surface area contributed by atoms with Crippen molar-refractivity contribution in [1.29, 1.82) is 0 Å². The largest absolute Gasteiger partial charge is 0.270 e. The van der Waals surface area contributed by atoms with E-state index >= 15 is 0 Å². The predicted octanol–water partition coefficient (Wildman–Crippen LogP) is 2.94. The van der Waals surface area contributed by atoms with E-state index in [2.05, 4.69) is 5.43 Å². The van der Waals surface area contributed by atoms with Gasteiger partial charge >= 0.3 is 0 Å². The van der Waals surface area contributed by atoms with Crippen molar-refractivity contribution < 1.29 is 9.18 Å². The molecule has 0 atom stereocenters. The number of nitrogens with zero attached hydrogens (tertiary/aromatic N) is 1. The number of aromatic nitrogens is 1. The molecule has 2 aromatic rings. The number of carbonyl (C=O) groups excluding carboxylic acids is 1. The molecule has 18 heavy (non-hydrogen) atoms. The molecule has 0 fully saturated rings. The smallest absolute Gasteiger partial charge is 0.267 e. The molecule has 4 heteroatoms. The Bertz CT molecular complexity index is 582. The first-order valence-corrected chi connectivity index (χ1v) is 5.71. The zero-order valence-electron chi connectivity index (χ0n) is 10.6. The van der Waals surface area contributed by atoms with E-state index in [0.29, 0.717) is 11.1 Å². The maximum atomic E-state index is 13.1. The van der Waals surface area contributed by atoms with Crippen LogP contribution in [0.1, 0.15) is 27.3 Å². The van der Waals surface area contributed by atoms with Crippen molar-refractivity contribution in [3.63, 3.8) is 0 Å². The molecule has 0 aliphatic rings. The summed E-state index contributed by atoms with van der Waals surface area (Å²) < 4.78 is 14.8. The molecular weight excluding hydrogens is 231 g/mol. The number of aryl methyl sites for hydroxylation is 3. The highest BCUT2D eigenvalue weighted by Gasteiger charge is 2.10. The fourth-order valence-corrected chi connectivity index (χ4v) is 1.80. The Morgan fingerprint density at radius 2 is 1.72 bits per heavy atom. The van der Waals surface area contributed by atoms with Gasteiger partial charge in [-0.05, 0) is 56.7 Å². The van der Waals surface area contributed by atoms with Gasteiger partial charge in [-0.25, -0.2) is 4.39 Å². The number of nitrogens with one attached hydrogen (secondary N) is 1. The molecule has 0 bridgehead atoms. The summed E-state index contributed by atoms with van der Waals surface area (Å²) in [5.74, 6) is -0.555. The lowest BCUT2D eigenvalue weighted by Crippen LogP contribution is -2.24. The van der Waals surface area contributed by atoms with Crippen LogP contribution in [-0.2, 0) is 0 Å². The molecule has 1 aromatic heterocycles. The van der Waals surface area contributed by atoms with Crippen molar-refractivity contribution in [3.05, 3.63) is 58.7 Å². The number of hydrogen-bond acceptors (Lipinski definition) is 1. The summed E-state index contributed by atoms with van der Waals surface area (Å²) in [6, 6.07) is 8.17. The summed E-state index contributed by atoms with van der Waals surface area (Å²) in [6.45, 7) is 5.45. The second-order valence-electron chi connectivity index (χ2n) is 4.36. The Labute approximate surface area is 105 Å². The van der Waals surface area contributed by atoms with Crippen molar-refractivity contribution in [3.8, 4) is 0 Å². The second kappa shape index (κ2) is 4.64. The summed E-state index contributed by atoms with van der Waals surface area (Å²) in [5.41, 5.74) is 5.57. The number of hydrogen-bond donors (Lipinski definition) is 1. The summed E-state index contributed by atoms with van der Waals surface area (Å²) in [6.07, 6.45) is 0. The van der Waals surface area contributed by atoms with Gasteiger partial charge in [0.15, 0.2) is 0 Å². The van der Waals surface area contributed by atoms with Crippen molar-refractivity contribution in [2.24, 2.45) is 0 Å². The first-order valence-electron chi connectivity index (χ1n) is 5.71. The van der Waals surface area contributed by atoms with Crippen LogP contribution >= 0.6 is 0 Å². The fraction of sp³-hybridized carbons (Fsp3) is 0.214. The Kier molecular flexibility index (Phi) is 3.19. The second-order valence-corrected chi connectivity index (χ2v) is 4.36. The Hall–Kier alpha value is -2.10. The highest BCUT2D eigenvalue weighted by atomic mass is 19.1. The van der Waals surface area contributed by atoms with E-state index in [-0.39, 0.29) is 11.7 Å². The van der Waals surface area contributed by atoms with Crippen LogP contribution < -0.4 is 5.43 Å². The third-order valence-corrected chi connectivity index (χ3v) is 2.90. The standard InChI is InChI=1S/C14H15FN2O/c1-9-8-12(6-7-13(9)15)14(18)16-17-10(2)4-5-11(17)3/h4-8H,1-3H3,(H,16,18). The quantitative estimate of drug-likeness (QED) is 0.868. The molecule has 0 unspecified atom stereocenters. The van der Waals surface area contributed by atoms with Crippen LogP contribution in [0.2, 0.25) is 0 Å². The molecule has 94 valence electrons. The molecule has 0 aliphatic carbocycles. The predicted molar refractivity (Wildman–Crippen MR) is 68.7 cm³/mol. The third kappa shape index (κ3) is 2.27. The van der Waals surface area contributed by atoms with Crippen LogP contribution in [0.3, 0.4) is 0 Å². The first-order chi connectivity index (χ1) is 8.49. The van der Waals surface area contributed by atoms with Crippen LogP contribution in [0.4, 0.5) is 4.39 Å². The number of benzene rings is 1. The van der Waals surface area contributed by atoms with E-state index < -0.39 is 0 Å². The first kappa shape index (κ1) is 12.4. The molecule has 1 aromatic carbocycles. The van der Waals surface area contributed by atoms with E-state index in [4.69, 9.17) is 0 Å². The van der Waals surface area contributed by atoms with Crippen LogP contribution in [0.15, 0.2) is 30.3 Å². The zero-order chi connectivity index (χ0) is 13.3. The van der Waals surface area contributed by atoms with Gasteiger partial charge in [-0.1, -0.05) is 0 Å². The van der Waals surface area contributed by atoms with E-state index in [1.807, 2.05) is 26.0 Å². The molecule has 0 saturated heterocycles. The maximum Gasteiger partial charge on any atom is 0.270 e. The fourth-order valence-electron chi connectivity index (χ4n) is 1.80. The molecular formula is C14H15FN2O. The lowest BCUT2D eigenvalue weighted by Gasteiger charge is -2.11. The van der Waals surface area contributed by atoms with Crippen molar-refractivity contribution in [2.75, 3.05) is 5.43 Å². The van der Waals surface area contributed by atoms with Gasteiger partial charge in [0.05, 0.1) is 0 Å². The molecule has 2 rings (SSSR count). The molecule has 0 spiro atoms. The average Bonchev–Trinajstić information content (AvgIpc) is 2.64. The Morgan fingerprint density at radius 3 is 2.28 bits per heavy atom. The molecule has 1 heterocycles. The Balaban J connectivity index is 2.25. The number of carbonyl (C=O) groups is 1. The van der Waals surface area contributed by atoms with Crippen molar-refractivity contribution >= 4 is 5.91 Å². The number of rotatable bonds is 2. The van der Waals surface area contributed by atoms with Crippen LogP contribution in [0, 0.1) is 26.6 Å². The average molecular weight is 246 g/mol. The minimum atomic E-state index is -0.306. The zero-order valence-corrected chi connectivity index (χ0v) is 10.6. The SMILES string of the molecule is Cc1cc(C(=O)Nn2c(C)ccc2C)ccc1F. The number of halogens is 1. The number of amides is 1. The van der Waals surface area contributed by atoms with Gasteiger partial charge in [0.2, 0.25) is 0 Å². The van der Waals surface area contributed by atoms with E-state index in [1.54, 1.807) is 17.7 Å². The summed E-state index contributed by atoms with van der Waals surface area (Å²) in [5, 5.41) is 0. The normalized spacial score (nSPS) is 10.4. The van der Waals surface area contributed by atoms with Gasteiger partial charge in [0, 0.05) is 17.0 Å². The van der Waals surface area contributed by atoms with E-state index in [9.17, 15) is 9.18 Å². The summed E-state index contributed by atoms with van der Waals surface area (Å²) in [7, 11) is 0. The highest BCUT2D eigenvalue weighted by Crippen LogP contribution is 2.10. The van der Waals surface area contributed by atoms with Gasteiger partial charge in [-0.2, -0.15) is 0 Å². The molecule has 0 saturated carbocycles. The summed E-state index contributed by atoms with van der Waals surface area (Å²) >= 11 is 0. The van der Waals surface area contributed by atoms with Gasteiger partial charge < -0.3 is 0 Å². The van der Waals surface area contributed by atoms with Crippen molar-refractivity contribution in [2.45, 2.75) is 20.8 Å². The minimum absolute atomic E-state index is 0.250. The molecule has 0 radical (unpaired) electrons. The Morgan fingerprint density at radius 1 is 1.11 bits per heavy atom. The van der Waals surface area contributed by atoms with Gasteiger partial charge in [-0.3, -0.25) is 14.9 Å². The van der Waals surface area contributed by atoms with Gasteiger partial charge in [0.25, 0.3) is 5.91 Å². The maximum absolute atomic E-state index is 13.1. The monoisotopic (exact) mass is 246 g/mol. The highest BCUT2D eigenvalue weighted by molar-refractivity contribution is 6.00. The molecule has 0 aliphatic heterocycles. The molecule has 1 N–H and O–H groups in total. The lowest BCUT2D eigenvalue weighted by atomic mass is 10.1. The van der Waals surface area contributed by atoms with Crippen LogP contribution in [0.5, 0.6) is 0 Å². The molecule has 3 nitrogen and oxygen atoms in total. The van der Waals surface area contributed by atoms with Gasteiger partial charge in [0.1, 0.15) is 5.82 Å². The van der Waals surface area contributed by atoms with E-state index in [1.165, 1.54) is 12.1 Å². The lowest BCUT2D eigenvalue weighted by molar-refractivity contribution is 0.101. The van der Waals surface area contributed by atoms with Gasteiger partial charge in [-0.15, -0.1) is 0 Å². The third-order valence-electron chi connectivity index (χ3n) is 2.90. The molecule has 1 amide bonds. The topological polar surface area (TPSA) is 34.0 Å². The summed E-state index contributed by atoms with van der Waals surface area (Å²) in [4.78, 5) is 12.0. The minimum Gasteiger partial charge on any atom is -0.267 e. The van der Waals surface area contributed by atoms with Crippen LogP contribution in [0.25, 0.3) is 0 Å². The van der Waals surface area contributed by atoms with Crippen LogP contribution in [-0.4, -0.2) is 10.6 Å². The van der Waals surface area contributed by atoms with E-state index in [0.717, 1.165) is 11.4 Å². The van der Waals surface area contributed by atoms with Crippen molar-refractivity contribution in [1.82, 2.24) is 4.68 Å².